The SMILES string of the molecule is C/C(Br)=C1/C(=O)OCC1CC=O. The number of cyclic esters (lactones) is 1. The van der Waals surface area contributed by atoms with Gasteiger partial charge in [0.25, 0.3) is 0 Å². The van der Waals surface area contributed by atoms with Crippen molar-refractivity contribution in [1.29, 1.82) is 0 Å². The van der Waals surface area contributed by atoms with Gasteiger partial charge in [0, 0.05) is 16.8 Å². The van der Waals surface area contributed by atoms with Crippen molar-refractivity contribution >= 4 is 28.2 Å². The quantitative estimate of drug-likeness (QED) is 0.411. The summed E-state index contributed by atoms with van der Waals surface area (Å²) in [7, 11) is 0. The molecule has 1 saturated heterocycles. The number of carbonyl (C=O) groups is 2. The highest BCUT2D eigenvalue weighted by Gasteiger charge is 2.31. The monoisotopic (exact) mass is 232 g/mol. The first kappa shape index (κ1) is 9.45. The maximum absolute atomic E-state index is 11.1. The molecule has 1 rings (SSSR count). The van der Waals surface area contributed by atoms with Crippen LogP contribution in [0.5, 0.6) is 0 Å². The van der Waals surface area contributed by atoms with Crippen LogP contribution in [0.15, 0.2) is 10.1 Å². The summed E-state index contributed by atoms with van der Waals surface area (Å²) in [5.74, 6) is -0.370. The number of hydrogen-bond acceptors (Lipinski definition) is 3. The lowest BCUT2D eigenvalue weighted by atomic mass is 9.99. The van der Waals surface area contributed by atoms with Crippen LogP contribution in [-0.2, 0) is 14.3 Å². The molecule has 3 nitrogen and oxygen atoms in total. The van der Waals surface area contributed by atoms with Gasteiger partial charge in [-0.3, -0.25) is 0 Å². The first-order valence-electron chi connectivity index (χ1n) is 3.64. The number of halogens is 1. The van der Waals surface area contributed by atoms with Gasteiger partial charge in [-0.25, -0.2) is 4.79 Å². The largest absolute Gasteiger partial charge is 0.462 e. The average molecular weight is 233 g/mol. The zero-order valence-corrected chi connectivity index (χ0v) is 8.26. The highest BCUT2D eigenvalue weighted by molar-refractivity contribution is 9.11. The number of carbonyl (C=O) groups excluding carboxylic acids is 2. The second-order valence-electron chi connectivity index (χ2n) is 2.64. The van der Waals surface area contributed by atoms with Crippen LogP contribution in [0, 0.1) is 5.92 Å². The Morgan fingerprint density at radius 2 is 2.50 bits per heavy atom. The molecule has 0 aromatic rings. The number of aldehydes is 1. The minimum Gasteiger partial charge on any atom is -0.462 e. The van der Waals surface area contributed by atoms with Crippen molar-refractivity contribution in [3.05, 3.63) is 10.1 Å². The van der Waals surface area contributed by atoms with Crippen LogP contribution >= 0.6 is 15.9 Å². The molecular weight excluding hydrogens is 224 g/mol. The lowest BCUT2D eigenvalue weighted by Gasteiger charge is -2.02. The van der Waals surface area contributed by atoms with Gasteiger partial charge < -0.3 is 9.53 Å². The van der Waals surface area contributed by atoms with Gasteiger partial charge in [0.2, 0.25) is 0 Å². The molecule has 1 heterocycles. The first-order valence-corrected chi connectivity index (χ1v) is 4.43. The van der Waals surface area contributed by atoms with E-state index in [1.54, 1.807) is 6.92 Å². The molecule has 1 aliphatic rings. The minimum atomic E-state index is -0.309. The van der Waals surface area contributed by atoms with E-state index in [9.17, 15) is 9.59 Å². The molecule has 0 amide bonds. The molecule has 0 bridgehead atoms. The van der Waals surface area contributed by atoms with E-state index in [2.05, 4.69) is 15.9 Å². The molecule has 1 aliphatic heterocycles. The van der Waals surface area contributed by atoms with E-state index in [1.807, 2.05) is 0 Å². The van der Waals surface area contributed by atoms with E-state index < -0.39 is 0 Å². The summed E-state index contributed by atoms with van der Waals surface area (Å²) < 4.78 is 5.57. The standard InChI is InChI=1S/C8H9BrO3/c1-5(9)7-6(2-3-10)4-12-8(7)11/h3,6H,2,4H2,1H3/b7-5-. The van der Waals surface area contributed by atoms with Crippen molar-refractivity contribution in [2.24, 2.45) is 5.92 Å². The molecule has 66 valence electrons. The van der Waals surface area contributed by atoms with Gasteiger partial charge in [0.05, 0.1) is 12.2 Å². The fourth-order valence-electron chi connectivity index (χ4n) is 1.23. The smallest absolute Gasteiger partial charge is 0.335 e. The molecule has 4 heteroatoms. The van der Waals surface area contributed by atoms with Gasteiger partial charge in [0.15, 0.2) is 0 Å². The Labute approximate surface area is 78.9 Å². The third kappa shape index (κ3) is 1.75. The summed E-state index contributed by atoms with van der Waals surface area (Å²) in [6, 6.07) is 0. The number of ether oxygens (including phenoxy) is 1. The van der Waals surface area contributed by atoms with Gasteiger partial charge in [-0.1, -0.05) is 15.9 Å². The Kier molecular flexibility index (Phi) is 3.03. The van der Waals surface area contributed by atoms with E-state index in [0.29, 0.717) is 18.6 Å². The molecule has 0 aromatic heterocycles. The van der Waals surface area contributed by atoms with Crippen LogP contribution in [0.3, 0.4) is 0 Å². The van der Waals surface area contributed by atoms with Gasteiger partial charge >= 0.3 is 5.97 Å². The molecule has 0 saturated carbocycles. The van der Waals surface area contributed by atoms with Crippen molar-refractivity contribution in [2.45, 2.75) is 13.3 Å². The number of allylic oxidation sites excluding steroid dienone is 1. The third-order valence-electron chi connectivity index (χ3n) is 1.80. The van der Waals surface area contributed by atoms with E-state index >= 15 is 0 Å². The predicted octanol–water partition coefficient (Wildman–Crippen LogP) is 1.42. The Hall–Kier alpha value is -0.640. The van der Waals surface area contributed by atoms with Gasteiger partial charge in [0.1, 0.15) is 6.29 Å². The summed E-state index contributed by atoms with van der Waals surface area (Å²) in [5.41, 5.74) is 0.599. The fourth-order valence-corrected chi connectivity index (χ4v) is 1.71. The van der Waals surface area contributed by atoms with Crippen LogP contribution in [0.25, 0.3) is 0 Å². The predicted molar refractivity (Wildman–Crippen MR) is 46.8 cm³/mol. The molecule has 0 N–H and O–H groups in total. The van der Waals surface area contributed by atoms with Crippen molar-refractivity contribution in [1.82, 2.24) is 0 Å². The average Bonchev–Trinajstić information content (AvgIpc) is 2.32. The molecule has 0 spiro atoms. The van der Waals surface area contributed by atoms with Crippen LogP contribution in [0.4, 0.5) is 0 Å². The fraction of sp³-hybridized carbons (Fsp3) is 0.500. The molecule has 1 atom stereocenters. The summed E-state index contributed by atoms with van der Waals surface area (Å²) in [6.07, 6.45) is 1.16. The lowest BCUT2D eigenvalue weighted by molar-refractivity contribution is -0.135. The molecular formula is C8H9BrO3. The lowest BCUT2D eigenvalue weighted by Crippen LogP contribution is -2.05. The van der Waals surface area contributed by atoms with E-state index in [0.717, 1.165) is 10.8 Å². The zero-order chi connectivity index (χ0) is 9.14. The van der Waals surface area contributed by atoms with Crippen LogP contribution in [-0.4, -0.2) is 18.9 Å². The summed E-state index contributed by atoms with van der Waals surface area (Å²) in [6.45, 7) is 2.11. The molecule has 0 aromatic carbocycles. The highest BCUT2D eigenvalue weighted by atomic mass is 79.9. The Morgan fingerprint density at radius 3 is 3.00 bits per heavy atom. The van der Waals surface area contributed by atoms with Crippen molar-refractivity contribution in [3.63, 3.8) is 0 Å². The summed E-state index contributed by atoms with van der Waals surface area (Å²) in [4.78, 5) is 21.3. The summed E-state index contributed by atoms with van der Waals surface area (Å²) >= 11 is 3.21. The minimum absolute atomic E-state index is 0.0608. The van der Waals surface area contributed by atoms with Gasteiger partial charge in [-0.05, 0) is 6.92 Å². The third-order valence-corrected chi connectivity index (χ3v) is 2.22. The number of hydrogen-bond donors (Lipinski definition) is 0. The zero-order valence-electron chi connectivity index (χ0n) is 6.67. The number of rotatable bonds is 2. The van der Waals surface area contributed by atoms with Crippen molar-refractivity contribution < 1.29 is 14.3 Å². The Balaban J connectivity index is 2.85. The molecule has 12 heavy (non-hydrogen) atoms. The second kappa shape index (κ2) is 3.85. The van der Waals surface area contributed by atoms with Crippen molar-refractivity contribution in [3.8, 4) is 0 Å². The molecule has 0 radical (unpaired) electrons. The topological polar surface area (TPSA) is 43.4 Å². The summed E-state index contributed by atoms with van der Waals surface area (Å²) in [5, 5.41) is 0. The first-order chi connectivity index (χ1) is 5.66. The Morgan fingerprint density at radius 1 is 1.83 bits per heavy atom. The maximum Gasteiger partial charge on any atom is 0.335 e. The van der Waals surface area contributed by atoms with Crippen LogP contribution in [0.2, 0.25) is 0 Å². The van der Waals surface area contributed by atoms with E-state index in [-0.39, 0.29) is 11.9 Å². The van der Waals surface area contributed by atoms with Gasteiger partial charge in [-0.15, -0.1) is 0 Å². The van der Waals surface area contributed by atoms with Crippen LogP contribution < -0.4 is 0 Å². The normalized spacial score (nSPS) is 26.8. The van der Waals surface area contributed by atoms with E-state index in [4.69, 9.17) is 4.74 Å². The highest BCUT2D eigenvalue weighted by Crippen LogP contribution is 2.28. The number of esters is 1. The molecule has 1 fully saturated rings. The van der Waals surface area contributed by atoms with E-state index in [1.165, 1.54) is 0 Å². The molecule has 1 unspecified atom stereocenters. The van der Waals surface area contributed by atoms with Crippen molar-refractivity contribution in [2.75, 3.05) is 6.61 Å². The Bertz CT molecular complexity index is 241. The molecule has 0 aliphatic carbocycles. The van der Waals surface area contributed by atoms with Gasteiger partial charge in [-0.2, -0.15) is 0 Å². The second-order valence-corrected chi connectivity index (χ2v) is 3.83. The van der Waals surface area contributed by atoms with Crippen LogP contribution in [0.1, 0.15) is 13.3 Å². The maximum atomic E-state index is 11.1.